The summed E-state index contributed by atoms with van der Waals surface area (Å²) in [4.78, 5) is 24.0. The first kappa shape index (κ1) is 11.9. The van der Waals surface area contributed by atoms with Crippen LogP contribution in [0.25, 0.3) is 0 Å². The van der Waals surface area contributed by atoms with Crippen molar-refractivity contribution in [2.45, 2.75) is 0 Å². The number of aliphatic imine (C=N–C) groups is 1. The zero-order chi connectivity index (χ0) is 12.1. The normalized spacial score (nSPS) is 9.62. The number of pyridine rings is 1. The summed E-state index contributed by atoms with van der Waals surface area (Å²) >= 11 is 0. The predicted octanol–water partition coefficient (Wildman–Crippen LogP) is -0.380. The second-order valence-electron chi connectivity index (χ2n) is 2.93. The van der Waals surface area contributed by atoms with Crippen LogP contribution in [0.5, 0.6) is 0 Å². The molecule has 1 amide bonds. The Labute approximate surface area is 92.7 Å². The molecule has 0 atom stereocenters. The van der Waals surface area contributed by atoms with Gasteiger partial charge in [-0.2, -0.15) is 4.99 Å². The molecular weight excluding hydrogens is 210 g/mol. The summed E-state index contributed by atoms with van der Waals surface area (Å²) in [6.45, 7) is 0. The average Bonchev–Trinajstić information content (AvgIpc) is 2.27. The summed E-state index contributed by atoms with van der Waals surface area (Å²) in [5.74, 6) is -0.0385. The van der Waals surface area contributed by atoms with Crippen LogP contribution >= 0.6 is 0 Å². The smallest absolute Gasteiger partial charge is 0.278 e. The Balaban J connectivity index is 2.87. The van der Waals surface area contributed by atoms with Gasteiger partial charge in [0, 0.05) is 13.2 Å². The average molecular weight is 223 g/mol. The number of hydrogen-bond donors (Lipinski definition) is 2. The summed E-state index contributed by atoms with van der Waals surface area (Å²) in [6.07, 6.45) is 1.37. The van der Waals surface area contributed by atoms with Crippen LogP contribution < -0.4 is 11.5 Å². The van der Waals surface area contributed by atoms with Gasteiger partial charge in [0.2, 0.25) is 0 Å². The highest BCUT2D eigenvalue weighted by molar-refractivity contribution is 5.93. The number of nitrogens with zero attached hydrogens (tertiary/aromatic N) is 3. The number of carbonyl (C=O) groups is 1. The molecule has 0 aromatic carbocycles. The minimum absolute atomic E-state index is 0.0828. The van der Waals surface area contributed by atoms with Gasteiger partial charge in [0.05, 0.1) is 12.7 Å². The maximum Gasteiger partial charge on any atom is 0.278 e. The Morgan fingerprint density at radius 3 is 2.62 bits per heavy atom. The number of rotatable bonds is 3. The van der Waals surface area contributed by atoms with Gasteiger partial charge < -0.3 is 11.5 Å². The van der Waals surface area contributed by atoms with E-state index in [1.54, 1.807) is 6.07 Å². The van der Waals surface area contributed by atoms with Gasteiger partial charge in [-0.3, -0.25) is 9.63 Å². The van der Waals surface area contributed by atoms with Crippen molar-refractivity contribution in [3.05, 3.63) is 23.9 Å². The highest BCUT2D eigenvalue weighted by atomic mass is 16.7. The maximum atomic E-state index is 11.6. The molecule has 86 valence electrons. The molecule has 1 aromatic heterocycles. The van der Waals surface area contributed by atoms with Crippen LogP contribution in [0.3, 0.4) is 0 Å². The van der Waals surface area contributed by atoms with E-state index < -0.39 is 0 Å². The standard InChI is InChI=1S/C9H13N5O2/c1-14(16-2)8(15)6-3-4-7(12-5-6)13-9(10)11/h3-5H,1-2H3,(H4,10,11,12,13). The Bertz CT molecular complexity index is 397. The third-order valence-corrected chi connectivity index (χ3v) is 1.80. The lowest BCUT2D eigenvalue weighted by atomic mass is 10.2. The van der Waals surface area contributed by atoms with Gasteiger partial charge in [0.1, 0.15) is 0 Å². The zero-order valence-corrected chi connectivity index (χ0v) is 9.04. The van der Waals surface area contributed by atoms with Crippen molar-refractivity contribution in [1.82, 2.24) is 10.0 Å². The summed E-state index contributed by atoms with van der Waals surface area (Å²) < 4.78 is 0. The quantitative estimate of drug-likeness (QED) is 0.412. The number of guanidine groups is 1. The Hall–Kier alpha value is -2.15. The van der Waals surface area contributed by atoms with Crippen LogP contribution in [0.15, 0.2) is 23.3 Å². The van der Waals surface area contributed by atoms with E-state index in [4.69, 9.17) is 16.3 Å². The van der Waals surface area contributed by atoms with E-state index in [1.165, 1.54) is 26.4 Å². The van der Waals surface area contributed by atoms with Crippen molar-refractivity contribution >= 4 is 17.7 Å². The molecule has 0 aliphatic carbocycles. The second kappa shape index (κ2) is 5.08. The Morgan fingerprint density at radius 1 is 1.50 bits per heavy atom. The summed E-state index contributed by atoms with van der Waals surface area (Å²) in [6, 6.07) is 3.10. The van der Waals surface area contributed by atoms with E-state index in [9.17, 15) is 4.79 Å². The third-order valence-electron chi connectivity index (χ3n) is 1.80. The molecule has 0 radical (unpaired) electrons. The van der Waals surface area contributed by atoms with Crippen LogP contribution in [0, 0.1) is 0 Å². The fraction of sp³-hybridized carbons (Fsp3) is 0.222. The second-order valence-corrected chi connectivity index (χ2v) is 2.93. The first-order chi connectivity index (χ1) is 7.54. The number of hydroxylamine groups is 2. The van der Waals surface area contributed by atoms with Gasteiger partial charge >= 0.3 is 0 Å². The number of amides is 1. The van der Waals surface area contributed by atoms with Gasteiger partial charge in [0.25, 0.3) is 5.91 Å². The van der Waals surface area contributed by atoms with Crippen LogP contribution in [-0.2, 0) is 4.84 Å². The van der Waals surface area contributed by atoms with E-state index in [0.29, 0.717) is 11.4 Å². The fourth-order valence-electron chi connectivity index (χ4n) is 0.976. The Kier molecular flexibility index (Phi) is 3.78. The fourth-order valence-corrected chi connectivity index (χ4v) is 0.976. The highest BCUT2D eigenvalue weighted by Gasteiger charge is 2.11. The molecule has 1 rings (SSSR count). The molecule has 4 N–H and O–H groups in total. The predicted molar refractivity (Wildman–Crippen MR) is 58.8 cm³/mol. The van der Waals surface area contributed by atoms with Crippen molar-refractivity contribution in [3.63, 3.8) is 0 Å². The molecule has 7 nitrogen and oxygen atoms in total. The van der Waals surface area contributed by atoms with Gasteiger partial charge in [-0.25, -0.2) is 10.0 Å². The van der Waals surface area contributed by atoms with Crippen molar-refractivity contribution in [3.8, 4) is 0 Å². The molecule has 1 aromatic rings. The minimum atomic E-state index is -0.300. The zero-order valence-electron chi connectivity index (χ0n) is 9.04. The van der Waals surface area contributed by atoms with Gasteiger partial charge in [-0.15, -0.1) is 0 Å². The molecule has 0 aliphatic heterocycles. The van der Waals surface area contributed by atoms with Crippen LogP contribution in [0.4, 0.5) is 5.82 Å². The molecule has 0 spiro atoms. The molecular formula is C9H13N5O2. The van der Waals surface area contributed by atoms with E-state index in [2.05, 4.69) is 9.98 Å². The molecule has 0 bridgehead atoms. The largest absolute Gasteiger partial charge is 0.370 e. The monoisotopic (exact) mass is 223 g/mol. The van der Waals surface area contributed by atoms with Crippen LogP contribution in [-0.4, -0.2) is 36.1 Å². The van der Waals surface area contributed by atoms with Gasteiger partial charge in [-0.1, -0.05) is 0 Å². The van der Waals surface area contributed by atoms with E-state index in [0.717, 1.165) is 5.06 Å². The van der Waals surface area contributed by atoms with Crippen molar-refractivity contribution in [2.24, 2.45) is 16.5 Å². The summed E-state index contributed by atoms with van der Waals surface area (Å²) in [5, 5.41) is 1.09. The molecule has 0 fully saturated rings. The first-order valence-corrected chi connectivity index (χ1v) is 4.42. The molecule has 1 heterocycles. The third kappa shape index (κ3) is 2.92. The van der Waals surface area contributed by atoms with E-state index in [1.807, 2.05) is 0 Å². The van der Waals surface area contributed by atoms with Gasteiger partial charge in [0.15, 0.2) is 11.8 Å². The number of aromatic nitrogens is 1. The van der Waals surface area contributed by atoms with Crippen LogP contribution in [0.1, 0.15) is 10.4 Å². The number of nitrogens with two attached hydrogens (primary N) is 2. The summed E-state index contributed by atoms with van der Waals surface area (Å²) in [7, 11) is 2.91. The first-order valence-electron chi connectivity index (χ1n) is 4.42. The lowest BCUT2D eigenvalue weighted by molar-refractivity contribution is -0.0757. The van der Waals surface area contributed by atoms with E-state index >= 15 is 0 Å². The van der Waals surface area contributed by atoms with Crippen molar-refractivity contribution in [2.75, 3.05) is 14.2 Å². The van der Waals surface area contributed by atoms with E-state index in [-0.39, 0.29) is 11.9 Å². The van der Waals surface area contributed by atoms with Crippen molar-refractivity contribution < 1.29 is 9.63 Å². The molecule has 7 heteroatoms. The lowest BCUT2D eigenvalue weighted by Crippen LogP contribution is -2.25. The molecule has 16 heavy (non-hydrogen) atoms. The lowest BCUT2D eigenvalue weighted by Gasteiger charge is -2.12. The van der Waals surface area contributed by atoms with Crippen molar-refractivity contribution in [1.29, 1.82) is 0 Å². The number of carbonyl (C=O) groups excluding carboxylic acids is 1. The van der Waals surface area contributed by atoms with Gasteiger partial charge in [-0.05, 0) is 12.1 Å². The summed E-state index contributed by atoms with van der Waals surface area (Å²) in [5.41, 5.74) is 10.8. The molecule has 0 saturated heterocycles. The number of hydrogen-bond acceptors (Lipinski definition) is 4. The topological polar surface area (TPSA) is 107 Å². The Morgan fingerprint density at radius 2 is 2.19 bits per heavy atom. The van der Waals surface area contributed by atoms with Crippen LogP contribution in [0.2, 0.25) is 0 Å². The molecule has 0 saturated carbocycles. The molecule has 0 unspecified atom stereocenters. The maximum absolute atomic E-state index is 11.6. The molecule has 0 aliphatic rings. The highest BCUT2D eigenvalue weighted by Crippen LogP contribution is 2.09. The SMILES string of the molecule is CON(C)C(=O)c1ccc(N=C(N)N)nc1. The minimum Gasteiger partial charge on any atom is -0.370 e.